The molecule has 4 atom stereocenters. The second-order valence-electron chi connectivity index (χ2n) is 8.14. The van der Waals surface area contributed by atoms with E-state index < -0.39 is 0 Å². The van der Waals surface area contributed by atoms with Gasteiger partial charge < -0.3 is 10.6 Å². The van der Waals surface area contributed by atoms with Crippen LogP contribution in [0.4, 0.5) is 0 Å². The van der Waals surface area contributed by atoms with E-state index in [-0.39, 0.29) is 0 Å². The van der Waals surface area contributed by atoms with E-state index in [1.807, 2.05) is 0 Å². The van der Waals surface area contributed by atoms with E-state index in [1.54, 1.807) is 0 Å². The second-order valence-corrected chi connectivity index (χ2v) is 8.14. The van der Waals surface area contributed by atoms with Crippen molar-refractivity contribution in [1.29, 1.82) is 0 Å². The van der Waals surface area contributed by atoms with Crippen molar-refractivity contribution in [3.8, 4) is 0 Å². The molecule has 0 aromatic rings. The van der Waals surface area contributed by atoms with Crippen molar-refractivity contribution >= 4 is 0 Å². The van der Waals surface area contributed by atoms with E-state index in [4.69, 9.17) is 5.73 Å². The van der Waals surface area contributed by atoms with Crippen LogP contribution in [0, 0.1) is 17.3 Å². The number of nitrogens with zero attached hydrogens (tertiary/aromatic N) is 2. The Morgan fingerprint density at radius 1 is 1.11 bits per heavy atom. The Bertz CT molecular complexity index is 335. The van der Waals surface area contributed by atoms with Crippen LogP contribution >= 0.6 is 0 Å². The molecular formula is C16H31N3. The monoisotopic (exact) mass is 265 g/mol. The minimum Gasteiger partial charge on any atom is -0.329 e. The molecule has 0 amide bonds. The summed E-state index contributed by atoms with van der Waals surface area (Å²) in [6.07, 6.45) is 4.03. The van der Waals surface area contributed by atoms with Crippen molar-refractivity contribution in [2.45, 2.75) is 45.6 Å². The summed E-state index contributed by atoms with van der Waals surface area (Å²) in [6, 6.07) is 0. The standard InChI is InChI=1S/C16H31N3/c1-15(2,3)13-5-8-19(11-13)16(12-17)6-9-18-7-4-14(16)10-18/h13-14H,4-12,17H2,1-3H3. The van der Waals surface area contributed by atoms with Crippen molar-refractivity contribution in [1.82, 2.24) is 9.80 Å². The SMILES string of the molecule is CC(C)(C)C1CCN(C2(CN)CCN3CCC2C3)C1. The van der Waals surface area contributed by atoms with Gasteiger partial charge in [-0.25, -0.2) is 0 Å². The fourth-order valence-corrected chi connectivity index (χ4v) is 4.72. The molecule has 0 spiro atoms. The molecule has 0 aliphatic carbocycles. The number of fused-ring (bicyclic) bond motifs is 2. The van der Waals surface area contributed by atoms with Gasteiger partial charge in [-0.15, -0.1) is 0 Å². The summed E-state index contributed by atoms with van der Waals surface area (Å²) < 4.78 is 0. The highest BCUT2D eigenvalue weighted by molar-refractivity contribution is 5.07. The van der Waals surface area contributed by atoms with Crippen LogP contribution in [0.25, 0.3) is 0 Å². The second kappa shape index (κ2) is 4.71. The Kier molecular flexibility index (Phi) is 3.43. The molecule has 3 nitrogen and oxygen atoms in total. The lowest BCUT2D eigenvalue weighted by molar-refractivity contribution is 0.0183. The molecule has 3 heteroatoms. The number of rotatable bonds is 2. The summed E-state index contributed by atoms with van der Waals surface area (Å²) in [5.41, 5.74) is 7.07. The van der Waals surface area contributed by atoms with E-state index in [9.17, 15) is 0 Å². The minimum absolute atomic E-state index is 0.326. The maximum atomic E-state index is 6.30. The zero-order valence-electron chi connectivity index (χ0n) is 13.0. The van der Waals surface area contributed by atoms with Crippen LogP contribution in [0.3, 0.4) is 0 Å². The van der Waals surface area contributed by atoms with Crippen LogP contribution in [0.1, 0.15) is 40.0 Å². The van der Waals surface area contributed by atoms with Gasteiger partial charge in [0.15, 0.2) is 0 Å². The van der Waals surface area contributed by atoms with Crippen LogP contribution in [-0.4, -0.2) is 54.6 Å². The Labute approximate surface area is 118 Å². The lowest BCUT2D eigenvalue weighted by Gasteiger charge is -2.49. The van der Waals surface area contributed by atoms with E-state index >= 15 is 0 Å². The van der Waals surface area contributed by atoms with Crippen LogP contribution in [-0.2, 0) is 0 Å². The molecule has 2 N–H and O–H groups in total. The molecule has 3 heterocycles. The van der Waals surface area contributed by atoms with Gasteiger partial charge in [0.2, 0.25) is 0 Å². The van der Waals surface area contributed by atoms with Crippen LogP contribution in [0.2, 0.25) is 0 Å². The topological polar surface area (TPSA) is 32.5 Å². The third kappa shape index (κ3) is 2.24. The highest BCUT2D eigenvalue weighted by atomic mass is 15.3. The lowest BCUT2D eigenvalue weighted by Crippen LogP contribution is -2.61. The lowest BCUT2D eigenvalue weighted by atomic mass is 9.76. The summed E-state index contributed by atoms with van der Waals surface area (Å²) in [4.78, 5) is 5.42. The van der Waals surface area contributed by atoms with Gasteiger partial charge in [-0.2, -0.15) is 0 Å². The average molecular weight is 265 g/mol. The fourth-order valence-electron chi connectivity index (χ4n) is 4.72. The number of likely N-dealkylation sites (tertiary alicyclic amines) is 1. The molecule has 3 saturated heterocycles. The van der Waals surface area contributed by atoms with E-state index in [0.717, 1.165) is 18.4 Å². The van der Waals surface area contributed by atoms with Gasteiger partial charge in [-0.05, 0) is 56.1 Å². The molecule has 3 fully saturated rings. The number of hydrogen-bond donors (Lipinski definition) is 1. The predicted octanol–water partition coefficient (Wildman–Crippen LogP) is 1.78. The first-order valence-electron chi connectivity index (χ1n) is 8.13. The zero-order chi connectivity index (χ0) is 13.7. The summed E-state index contributed by atoms with van der Waals surface area (Å²) in [7, 11) is 0. The van der Waals surface area contributed by atoms with Gasteiger partial charge in [0.05, 0.1) is 0 Å². The Morgan fingerprint density at radius 2 is 1.89 bits per heavy atom. The highest BCUT2D eigenvalue weighted by Gasteiger charge is 2.51. The predicted molar refractivity (Wildman–Crippen MR) is 80.1 cm³/mol. The average Bonchev–Trinajstić information content (AvgIpc) is 2.98. The molecule has 0 aromatic heterocycles. The number of piperidine rings is 1. The van der Waals surface area contributed by atoms with Crippen LogP contribution < -0.4 is 5.73 Å². The summed E-state index contributed by atoms with van der Waals surface area (Å²) >= 11 is 0. The summed E-state index contributed by atoms with van der Waals surface area (Å²) in [6.45, 7) is 14.5. The van der Waals surface area contributed by atoms with Crippen molar-refractivity contribution in [2.24, 2.45) is 23.0 Å². The molecule has 2 bridgehead atoms. The van der Waals surface area contributed by atoms with Crippen molar-refractivity contribution in [3.05, 3.63) is 0 Å². The first-order valence-corrected chi connectivity index (χ1v) is 8.13. The number of nitrogens with two attached hydrogens (primary N) is 1. The van der Waals surface area contributed by atoms with Crippen molar-refractivity contribution < 1.29 is 0 Å². The molecule has 19 heavy (non-hydrogen) atoms. The van der Waals surface area contributed by atoms with Gasteiger partial charge in [0.1, 0.15) is 0 Å². The molecule has 0 radical (unpaired) electrons. The molecular weight excluding hydrogens is 234 g/mol. The first kappa shape index (κ1) is 13.8. The molecule has 3 aliphatic heterocycles. The maximum Gasteiger partial charge on any atom is 0.0384 e. The molecule has 3 aliphatic rings. The Morgan fingerprint density at radius 3 is 2.53 bits per heavy atom. The summed E-state index contributed by atoms with van der Waals surface area (Å²) in [5, 5.41) is 0. The molecule has 0 aromatic carbocycles. The Balaban J connectivity index is 1.76. The van der Waals surface area contributed by atoms with Crippen LogP contribution in [0.5, 0.6) is 0 Å². The fraction of sp³-hybridized carbons (Fsp3) is 1.00. The van der Waals surface area contributed by atoms with Crippen molar-refractivity contribution in [3.63, 3.8) is 0 Å². The van der Waals surface area contributed by atoms with Crippen LogP contribution in [0.15, 0.2) is 0 Å². The minimum atomic E-state index is 0.326. The Hall–Kier alpha value is -0.120. The molecule has 0 saturated carbocycles. The largest absolute Gasteiger partial charge is 0.329 e. The van der Waals surface area contributed by atoms with E-state index in [0.29, 0.717) is 11.0 Å². The van der Waals surface area contributed by atoms with Gasteiger partial charge in [0, 0.05) is 25.2 Å². The molecule has 4 unspecified atom stereocenters. The molecule has 3 rings (SSSR count). The number of hydrogen-bond acceptors (Lipinski definition) is 3. The highest BCUT2D eigenvalue weighted by Crippen LogP contribution is 2.44. The van der Waals surface area contributed by atoms with Crippen molar-refractivity contribution in [2.75, 3.05) is 39.3 Å². The van der Waals surface area contributed by atoms with E-state index in [1.165, 1.54) is 52.0 Å². The van der Waals surface area contributed by atoms with Gasteiger partial charge in [-0.3, -0.25) is 4.90 Å². The first-order chi connectivity index (χ1) is 8.95. The molecule has 110 valence electrons. The third-order valence-corrected chi connectivity index (χ3v) is 6.29. The van der Waals surface area contributed by atoms with Gasteiger partial charge >= 0.3 is 0 Å². The smallest absolute Gasteiger partial charge is 0.0384 e. The zero-order valence-corrected chi connectivity index (χ0v) is 13.0. The normalized spacial score (nSPS) is 43.9. The third-order valence-electron chi connectivity index (χ3n) is 6.29. The van der Waals surface area contributed by atoms with Gasteiger partial charge in [0.25, 0.3) is 0 Å². The van der Waals surface area contributed by atoms with Gasteiger partial charge in [-0.1, -0.05) is 20.8 Å². The quantitative estimate of drug-likeness (QED) is 0.826. The maximum absolute atomic E-state index is 6.30. The van der Waals surface area contributed by atoms with E-state index in [2.05, 4.69) is 30.6 Å². The summed E-state index contributed by atoms with van der Waals surface area (Å²) in [5.74, 6) is 1.67.